The molecule has 1 heterocycles. The number of nitrogens with two attached hydrogens (primary N) is 1. The molecule has 1 aromatic rings. The highest BCUT2D eigenvalue weighted by Gasteiger charge is 2.45. The minimum Gasteiger partial charge on any atom is -0.480 e. The highest BCUT2D eigenvalue weighted by atomic mass is 35.5. The zero-order valence-electron chi connectivity index (χ0n) is 6.71. The first-order valence-corrected chi connectivity index (χ1v) is 4.72. The van der Waals surface area contributed by atoms with E-state index in [-0.39, 0.29) is 4.34 Å². The Morgan fingerprint density at radius 2 is 2.29 bits per heavy atom. The molecule has 0 aromatic carbocycles. The molecule has 3 nitrogen and oxygen atoms in total. The number of alkyl halides is 2. The molecular weight excluding hydrogens is 236 g/mol. The van der Waals surface area contributed by atoms with Crippen LogP contribution in [0.4, 0.5) is 8.78 Å². The predicted octanol–water partition coefficient (Wildman–Crippen LogP) is 1.91. The zero-order valence-corrected chi connectivity index (χ0v) is 8.28. The summed E-state index contributed by atoms with van der Waals surface area (Å²) in [7, 11) is 0. The number of hydrogen-bond donors (Lipinski definition) is 2. The first kappa shape index (κ1) is 11.4. The summed E-state index contributed by atoms with van der Waals surface area (Å²) < 4.78 is 26.5. The molecule has 0 saturated heterocycles. The summed E-state index contributed by atoms with van der Waals surface area (Å²) in [6.45, 7) is 0. The van der Waals surface area contributed by atoms with Crippen molar-refractivity contribution in [1.29, 1.82) is 0 Å². The SMILES string of the molecule is NC(C(=O)O)C(F)(F)c1ccsc1Cl. The van der Waals surface area contributed by atoms with Gasteiger partial charge in [0.15, 0.2) is 6.04 Å². The number of halogens is 3. The van der Waals surface area contributed by atoms with E-state index in [1.165, 1.54) is 5.38 Å². The Labute approximate surface area is 87.1 Å². The van der Waals surface area contributed by atoms with E-state index in [0.29, 0.717) is 0 Å². The van der Waals surface area contributed by atoms with Crippen molar-refractivity contribution in [3.05, 3.63) is 21.3 Å². The third-order valence-corrected chi connectivity index (χ3v) is 2.80. The lowest BCUT2D eigenvalue weighted by atomic mass is 10.1. The average molecular weight is 242 g/mol. The minimum absolute atomic E-state index is 0.147. The summed E-state index contributed by atoms with van der Waals surface area (Å²) >= 11 is 6.36. The molecule has 0 aliphatic rings. The van der Waals surface area contributed by atoms with Crippen molar-refractivity contribution in [1.82, 2.24) is 0 Å². The van der Waals surface area contributed by atoms with Gasteiger partial charge in [-0.3, -0.25) is 4.79 Å². The summed E-state index contributed by atoms with van der Waals surface area (Å²) in [4.78, 5) is 10.3. The van der Waals surface area contributed by atoms with E-state index < -0.39 is 23.5 Å². The Hall–Kier alpha value is -0.720. The molecule has 0 bridgehead atoms. The highest BCUT2D eigenvalue weighted by Crippen LogP contribution is 2.38. The van der Waals surface area contributed by atoms with E-state index in [4.69, 9.17) is 22.4 Å². The molecule has 0 amide bonds. The van der Waals surface area contributed by atoms with E-state index >= 15 is 0 Å². The van der Waals surface area contributed by atoms with Gasteiger partial charge in [-0.15, -0.1) is 11.3 Å². The van der Waals surface area contributed by atoms with E-state index in [9.17, 15) is 13.6 Å². The second-order valence-electron chi connectivity index (χ2n) is 2.55. The third kappa shape index (κ3) is 1.87. The Bertz CT molecular complexity index is 355. The van der Waals surface area contributed by atoms with Crippen LogP contribution in [0.15, 0.2) is 11.4 Å². The maximum Gasteiger partial charge on any atom is 0.327 e. The molecule has 1 atom stereocenters. The van der Waals surface area contributed by atoms with Crippen LogP contribution in [-0.4, -0.2) is 17.1 Å². The average Bonchev–Trinajstić information content (AvgIpc) is 2.50. The molecule has 0 aliphatic carbocycles. The zero-order chi connectivity index (χ0) is 10.9. The van der Waals surface area contributed by atoms with Gasteiger partial charge >= 0.3 is 11.9 Å². The molecule has 0 spiro atoms. The lowest BCUT2D eigenvalue weighted by molar-refractivity contribution is -0.149. The number of hydrogen-bond acceptors (Lipinski definition) is 3. The van der Waals surface area contributed by atoms with Gasteiger partial charge in [-0.05, 0) is 11.4 Å². The molecule has 0 fully saturated rings. The normalized spacial score (nSPS) is 14.0. The number of carboxylic acid groups (broad SMARTS) is 1. The summed E-state index contributed by atoms with van der Waals surface area (Å²) in [5.74, 6) is -5.42. The van der Waals surface area contributed by atoms with Gasteiger partial charge in [-0.25, -0.2) is 0 Å². The first-order valence-electron chi connectivity index (χ1n) is 3.47. The number of thiophene rings is 1. The van der Waals surface area contributed by atoms with Crippen LogP contribution in [0.3, 0.4) is 0 Å². The van der Waals surface area contributed by atoms with E-state index in [1.54, 1.807) is 0 Å². The van der Waals surface area contributed by atoms with Gasteiger partial charge in [-0.2, -0.15) is 8.78 Å². The third-order valence-electron chi connectivity index (χ3n) is 1.63. The van der Waals surface area contributed by atoms with Crippen molar-refractivity contribution in [3.63, 3.8) is 0 Å². The van der Waals surface area contributed by atoms with Crippen LogP contribution in [0, 0.1) is 0 Å². The monoisotopic (exact) mass is 241 g/mol. The molecule has 0 aliphatic heterocycles. The molecule has 3 N–H and O–H groups in total. The number of aliphatic carboxylic acids is 1. The van der Waals surface area contributed by atoms with Crippen molar-refractivity contribution >= 4 is 28.9 Å². The Morgan fingerprint density at radius 1 is 1.71 bits per heavy atom. The van der Waals surface area contributed by atoms with Gasteiger partial charge in [0, 0.05) is 0 Å². The molecule has 0 radical (unpaired) electrons. The molecule has 1 rings (SSSR count). The van der Waals surface area contributed by atoms with Crippen LogP contribution < -0.4 is 5.73 Å². The van der Waals surface area contributed by atoms with Crippen LogP contribution in [0.5, 0.6) is 0 Å². The standard InChI is InChI=1S/C7H6ClF2NO2S/c8-5-3(1-2-14-5)7(9,10)4(11)6(12)13/h1-2,4H,11H2,(H,12,13). The topological polar surface area (TPSA) is 63.3 Å². The number of carboxylic acids is 1. The molecule has 1 aromatic heterocycles. The van der Waals surface area contributed by atoms with Crippen LogP contribution >= 0.6 is 22.9 Å². The second-order valence-corrected chi connectivity index (χ2v) is 4.07. The summed E-state index contributed by atoms with van der Waals surface area (Å²) in [5.41, 5.74) is 4.31. The molecule has 0 saturated carbocycles. The second kappa shape index (κ2) is 3.80. The van der Waals surface area contributed by atoms with E-state index in [0.717, 1.165) is 17.4 Å². The van der Waals surface area contributed by atoms with Crippen molar-refractivity contribution < 1.29 is 18.7 Å². The largest absolute Gasteiger partial charge is 0.480 e. The smallest absolute Gasteiger partial charge is 0.327 e. The van der Waals surface area contributed by atoms with E-state index in [2.05, 4.69) is 0 Å². The quantitative estimate of drug-likeness (QED) is 0.850. The molecule has 14 heavy (non-hydrogen) atoms. The Balaban J connectivity index is 3.07. The summed E-state index contributed by atoms with van der Waals surface area (Å²) in [6, 6.07) is -1.22. The summed E-state index contributed by atoms with van der Waals surface area (Å²) in [6.07, 6.45) is 0. The Kier molecular flexibility index (Phi) is 3.08. The maximum atomic E-state index is 13.3. The lowest BCUT2D eigenvalue weighted by Crippen LogP contribution is -2.45. The molecule has 1 unspecified atom stereocenters. The van der Waals surface area contributed by atoms with Crippen LogP contribution in [0.1, 0.15) is 5.56 Å². The first-order chi connectivity index (χ1) is 6.37. The number of carbonyl (C=O) groups is 1. The van der Waals surface area contributed by atoms with Crippen LogP contribution in [0.25, 0.3) is 0 Å². The fourth-order valence-electron chi connectivity index (χ4n) is 0.856. The fraction of sp³-hybridized carbons (Fsp3) is 0.286. The lowest BCUT2D eigenvalue weighted by Gasteiger charge is -2.19. The molecule has 7 heteroatoms. The van der Waals surface area contributed by atoms with Crippen molar-refractivity contribution in [2.24, 2.45) is 5.73 Å². The maximum absolute atomic E-state index is 13.3. The predicted molar refractivity (Wildman–Crippen MR) is 48.8 cm³/mol. The van der Waals surface area contributed by atoms with Crippen molar-refractivity contribution in [3.8, 4) is 0 Å². The van der Waals surface area contributed by atoms with Crippen molar-refractivity contribution in [2.45, 2.75) is 12.0 Å². The van der Waals surface area contributed by atoms with Gasteiger partial charge in [0.1, 0.15) is 4.34 Å². The number of rotatable bonds is 3. The van der Waals surface area contributed by atoms with Gasteiger partial charge in [0.25, 0.3) is 0 Å². The van der Waals surface area contributed by atoms with E-state index in [1.807, 2.05) is 0 Å². The molecule has 78 valence electrons. The Morgan fingerprint density at radius 3 is 2.64 bits per heavy atom. The van der Waals surface area contributed by atoms with Crippen LogP contribution in [0.2, 0.25) is 4.34 Å². The van der Waals surface area contributed by atoms with Gasteiger partial charge in [0.2, 0.25) is 0 Å². The fourth-order valence-corrected chi connectivity index (χ4v) is 1.85. The summed E-state index contributed by atoms with van der Waals surface area (Å²) in [5, 5.41) is 9.71. The van der Waals surface area contributed by atoms with Gasteiger partial charge < -0.3 is 10.8 Å². The minimum atomic E-state index is -3.65. The molecular formula is C7H6ClF2NO2S. The highest BCUT2D eigenvalue weighted by molar-refractivity contribution is 7.14. The van der Waals surface area contributed by atoms with Gasteiger partial charge in [-0.1, -0.05) is 11.6 Å². The van der Waals surface area contributed by atoms with Crippen molar-refractivity contribution in [2.75, 3.05) is 0 Å². The van der Waals surface area contributed by atoms with Gasteiger partial charge in [0.05, 0.1) is 5.56 Å². The van der Waals surface area contributed by atoms with Crippen LogP contribution in [-0.2, 0) is 10.7 Å².